The van der Waals surface area contributed by atoms with Gasteiger partial charge in [0.05, 0.1) is 12.8 Å². The van der Waals surface area contributed by atoms with Gasteiger partial charge in [-0.05, 0) is 69.7 Å². The lowest BCUT2D eigenvalue weighted by Gasteiger charge is -2.27. The van der Waals surface area contributed by atoms with Crippen molar-refractivity contribution in [2.45, 2.75) is 46.7 Å². The first-order valence-corrected chi connectivity index (χ1v) is 10.2. The largest absolute Gasteiger partial charge is 0.495 e. The number of anilines is 1. The van der Waals surface area contributed by atoms with Crippen molar-refractivity contribution in [3.63, 3.8) is 0 Å². The van der Waals surface area contributed by atoms with Gasteiger partial charge in [-0.25, -0.2) is 0 Å². The third kappa shape index (κ3) is 5.71. The molecular weight excluding hydrogens is 412 g/mol. The summed E-state index contributed by atoms with van der Waals surface area (Å²) in [6, 6.07) is 8.96. The summed E-state index contributed by atoms with van der Waals surface area (Å²) in [7, 11) is 1.52. The minimum absolute atomic E-state index is 0.186. The van der Waals surface area contributed by atoms with E-state index >= 15 is 0 Å². The molecule has 0 fully saturated rings. The second kappa shape index (κ2) is 9.21. The standard InChI is InChI=1S/C22H28N6O4/c1-14-7-9-17(31-6)16(11-14)27(12-19(29)23-22(3,4)5)20(30)13-28-25-21(24-26-28)18-10-8-15(2)32-18/h7-11H,12-13H2,1-6H3,(H,23,29). The molecule has 2 amide bonds. The molecule has 0 saturated carbocycles. The van der Waals surface area contributed by atoms with Crippen LogP contribution in [0.4, 0.5) is 5.69 Å². The number of ether oxygens (including phenoxy) is 1. The number of nitrogens with one attached hydrogen (secondary N) is 1. The molecule has 1 aromatic carbocycles. The first-order valence-electron chi connectivity index (χ1n) is 10.2. The number of methoxy groups -OCH3 is 1. The molecule has 0 radical (unpaired) electrons. The summed E-state index contributed by atoms with van der Waals surface area (Å²) in [5.41, 5.74) is 0.971. The molecule has 0 aliphatic rings. The number of benzene rings is 1. The topological polar surface area (TPSA) is 115 Å². The molecule has 170 valence electrons. The molecule has 3 rings (SSSR count). The van der Waals surface area contributed by atoms with E-state index in [2.05, 4.69) is 20.7 Å². The van der Waals surface area contributed by atoms with E-state index in [0.29, 0.717) is 17.2 Å². The zero-order valence-corrected chi connectivity index (χ0v) is 19.2. The lowest BCUT2D eigenvalue weighted by atomic mass is 10.1. The number of hydrogen-bond acceptors (Lipinski definition) is 7. The molecule has 32 heavy (non-hydrogen) atoms. The van der Waals surface area contributed by atoms with Gasteiger partial charge >= 0.3 is 0 Å². The molecule has 0 saturated heterocycles. The van der Waals surface area contributed by atoms with E-state index in [9.17, 15) is 9.59 Å². The molecule has 1 N–H and O–H groups in total. The summed E-state index contributed by atoms with van der Waals surface area (Å²) in [6.45, 7) is 8.94. The predicted molar refractivity (Wildman–Crippen MR) is 118 cm³/mol. The highest BCUT2D eigenvalue weighted by Gasteiger charge is 2.25. The molecule has 0 aliphatic heterocycles. The molecule has 3 aromatic rings. The average molecular weight is 441 g/mol. The van der Waals surface area contributed by atoms with Crippen LogP contribution in [0, 0.1) is 13.8 Å². The molecule has 10 heteroatoms. The Balaban J connectivity index is 1.87. The van der Waals surface area contributed by atoms with Gasteiger partial charge in [0.2, 0.25) is 11.7 Å². The van der Waals surface area contributed by atoms with Crippen LogP contribution in [0.15, 0.2) is 34.7 Å². The van der Waals surface area contributed by atoms with Gasteiger partial charge in [0, 0.05) is 5.54 Å². The van der Waals surface area contributed by atoms with E-state index in [4.69, 9.17) is 9.15 Å². The maximum atomic E-state index is 13.3. The fraction of sp³-hybridized carbons (Fsp3) is 0.409. The molecule has 2 heterocycles. The van der Waals surface area contributed by atoms with Crippen LogP contribution >= 0.6 is 0 Å². The van der Waals surface area contributed by atoms with Crippen LogP contribution in [0.2, 0.25) is 0 Å². The number of aromatic nitrogens is 4. The molecule has 0 unspecified atom stereocenters. The molecule has 0 spiro atoms. The zero-order chi connectivity index (χ0) is 23.5. The summed E-state index contributed by atoms with van der Waals surface area (Å²) < 4.78 is 10.9. The Morgan fingerprint density at radius 3 is 2.56 bits per heavy atom. The fourth-order valence-corrected chi connectivity index (χ4v) is 3.09. The van der Waals surface area contributed by atoms with Crippen LogP contribution < -0.4 is 15.0 Å². The van der Waals surface area contributed by atoms with Gasteiger partial charge in [0.15, 0.2) is 5.76 Å². The van der Waals surface area contributed by atoms with Crippen molar-refractivity contribution < 1.29 is 18.7 Å². The Kier molecular flexibility index (Phi) is 6.61. The van der Waals surface area contributed by atoms with Crippen LogP contribution in [-0.2, 0) is 16.1 Å². The number of amides is 2. The van der Waals surface area contributed by atoms with E-state index in [0.717, 1.165) is 11.3 Å². The van der Waals surface area contributed by atoms with Crippen LogP contribution in [0.1, 0.15) is 32.1 Å². The van der Waals surface area contributed by atoms with Crippen LogP contribution in [0.25, 0.3) is 11.6 Å². The molecular formula is C22H28N6O4. The highest BCUT2D eigenvalue weighted by molar-refractivity contribution is 6.00. The minimum atomic E-state index is -0.438. The van der Waals surface area contributed by atoms with Gasteiger partial charge in [-0.2, -0.15) is 4.80 Å². The monoisotopic (exact) mass is 440 g/mol. The summed E-state index contributed by atoms with van der Waals surface area (Å²) >= 11 is 0. The first-order chi connectivity index (χ1) is 15.1. The van der Waals surface area contributed by atoms with Gasteiger partial charge in [-0.15, -0.1) is 10.2 Å². The van der Waals surface area contributed by atoms with E-state index in [1.54, 1.807) is 24.3 Å². The average Bonchev–Trinajstić information content (AvgIpc) is 3.33. The number of aryl methyl sites for hydroxylation is 2. The van der Waals surface area contributed by atoms with Gasteiger partial charge < -0.3 is 14.5 Å². The van der Waals surface area contributed by atoms with E-state index in [1.807, 2.05) is 40.7 Å². The normalized spacial score (nSPS) is 11.3. The summed E-state index contributed by atoms with van der Waals surface area (Å²) in [6.07, 6.45) is 0. The Labute approximate surface area is 186 Å². The zero-order valence-electron chi connectivity index (χ0n) is 19.2. The number of nitrogens with zero attached hydrogens (tertiary/aromatic N) is 5. The maximum absolute atomic E-state index is 13.3. The minimum Gasteiger partial charge on any atom is -0.495 e. The summed E-state index contributed by atoms with van der Waals surface area (Å²) in [4.78, 5) is 28.5. The lowest BCUT2D eigenvalue weighted by molar-refractivity contribution is -0.125. The molecule has 2 aromatic heterocycles. The quantitative estimate of drug-likeness (QED) is 0.600. The van der Waals surface area contributed by atoms with Crippen molar-refractivity contribution in [1.29, 1.82) is 0 Å². The van der Waals surface area contributed by atoms with Crippen LogP contribution in [0.5, 0.6) is 5.75 Å². The highest BCUT2D eigenvalue weighted by Crippen LogP contribution is 2.29. The fourth-order valence-electron chi connectivity index (χ4n) is 3.09. The summed E-state index contributed by atoms with van der Waals surface area (Å²) in [5.74, 6) is 1.24. The van der Waals surface area contributed by atoms with E-state index < -0.39 is 11.4 Å². The number of hydrogen-bond donors (Lipinski definition) is 1. The Bertz CT molecular complexity index is 1110. The van der Waals surface area contributed by atoms with Crippen molar-refractivity contribution in [3.05, 3.63) is 41.7 Å². The SMILES string of the molecule is COc1ccc(C)cc1N(CC(=O)NC(C)(C)C)C(=O)Cn1nnc(-c2ccc(C)o2)n1. The Morgan fingerprint density at radius 1 is 1.19 bits per heavy atom. The van der Waals surface area contributed by atoms with Crippen LogP contribution in [0.3, 0.4) is 0 Å². The molecule has 0 atom stereocenters. The van der Waals surface area contributed by atoms with Gasteiger partial charge in [0.25, 0.3) is 5.91 Å². The first kappa shape index (κ1) is 23.0. The lowest BCUT2D eigenvalue weighted by Crippen LogP contribution is -2.48. The van der Waals surface area contributed by atoms with Gasteiger partial charge in [-0.3, -0.25) is 14.5 Å². The van der Waals surface area contributed by atoms with E-state index in [1.165, 1.54) is 16.8 Å². The Hall–Kier alpha value is -3.69. The third-order valence-corrected chi connectivity index (χ3v) is 4.43. The second-order valence-corrected chi connectivity index (χ2v) is 8.51. The number of carbonyl (C=O) groups excluding carboxylic acids is 2. The molecule has 0 bridgehead atoms. The third-order valence-electron chi connectivity index (χ3n) is 4.43. The van der Waals surface area contributed by atoms with Crippen molar-refractivity contribution in [2.75, 3.05) is 18.6 Å². The summed E-state index contributed by atoms with van der Waals surface area (Å²) in [5, 5.41) is 15.0. The van der Waals surface area contributed by atoms with Crippen molar-refractivity contribution in [3.8, 4) is 17.3 Å². The van der Waals surface area contributed by atoms with Gasteiger partial charge in [-0.1, -0.05) is 6.07 Å². The molecule has 0 aliphatic carbocycles. The maximum Gasteiger partial charge on any atom is 0.251 e. The van der Waals surface area contributed by atoms with Crippen molar-refractivity contribution in [2.24, 2.45) is 0 Å². The van der Waals surface area contributed by atoms with Crippen LogP contribution in [-0.4, -0.2) is 51.2 Å². The highest BCUT2D eigenvalue weighted by atomic mass is 16.5. The second-order valence-electron chi connectivity index (χ2n) is 8.51. The predicted octanol–water partition coefficient (Wildman–Crippen LogP) is 2.51. The Morgan fingerprint density at radius 2 is 1.94 bits per heavy atom. The smallest absolute Gasteiger partial charge is 0.251 e. The van der Waals surface area contributed by atoms with Gasteiger partial charge in [0.1, 0.15) is 24.6 Å². The van der Waals surface area contributed by atoms with Crippen molar-refractivity contribution >= 4 is 17.5 Å². The van der Waals surface area contributed by atoms with Crippen molar-refractivity contribution in [1.82, 2.24) is 25.5 Å². The number of carbonyl (C=O) groups is 2. The number of rotatable bonds is 7. The van der Waals surface area contributed by atoms with E-state index in [-0.39, 0.29) is 24.8 Å². The molecule has 10 nitrogen and oxygen atoms in total. The number of furan rings is 1. The number of tetrazole rings is 1.